The number of aromatic hydroxyl groups is 2. The molecule has 24 heteroatoms. The molecule has 24 nitrogen and oxygen atoms in total. The number of aliphatic hydroxyl groups is 8. The number of carbonyl (C=O) groups excluding carboxylic acids is 2. The molecule has 0 radical (unpaired) electrons. The summed E-state index contributed by atoms with van der Waals surface area (Å²) in [5, 5.41) is 125. The van der Waals surface area contributed by atoms with Crippen LogP contribution in [0.5, 0.6) is 23.0 Å². The fourth-order valence-electron chi connectivity index (χ4n) is 7.70. The van der Waals surface area contributed by atoms with Crippen LogP contribution in [0.15, 0.2) is 36.4 Å². The first-order valence-corrected chi connectivity index (χ1v) is 21.4. The number of ether oxygens (including phenoxy) is 8. The van der Waals surface area contributed by atoms with Gasteiger partial charge in [-0.3, -0.25) is 19.2 Å². The first-order chi connectivity index (χ1) is 31.8. The third kappa shape index (κ3) is 16.1. The van der Waals surface area contributed by atoms with E-state index in [0.29, 0.717) is 11.1 Å². The van der Waals surface area contributed by atoms with Gasteiger partial charge in [0.15, 0.2) is 35.6 Å². The van der Waals surface area contributed by atoms with E-state index in [9.17, 15) is 70.2 Å². The number of phenolic OH excluding ortho intramolecular Hbond substituents is 2. The van der Waals surface area contributed by atoms with Gasteiger partial charge < -0.3 is 99.2 Å². The van der Waals surface area contributed by atoms with Crippen LogP contribution >= 0.6 is 0 Å². The molecule has 14 unspecified atom stereocenters. The van der Waals surface area contributed by atoms with Gasteiger partial charge in [0.25, 0.3) is 0 Å². The lowest BCUT2D eigenvalue weighted by molar-refractivity contribution is -0.309. The molecule has 0 aromatic heterocycles. The maximum atomic E-state index is 12.5. The Labute approximate surface area is 389 Å². The minimum absolute atomic E-state index is 0.0742. The third-order valence-corrected chi connectivity index (χ3v) is 11.4. The van der Waals surface area contributed by atoms with Crippen LogP contribution in [0.1, 0.15) is 50.7 Å². The van der Waals surface area contributed by atoms with Gasteiger partial charge in [0.05, 0.1) is 64.3 Å². The Hall–Kier alpha value is -4.96. The van der Waals surface area contributed by atoms with Gasteiger partial charge in [0.1, 0.15) is 62.0 Å². The van der Waals surface area contributed by atoms with E-state index in [1.165, 1.54) is 38.5 Å². The van der Waals surface area contributed by atoms with Crippen molar-refractivity contribution in [2.45, 2.75) is 125 Å². The highest BCUT2D eigenvalue weighted by atomic mass is 16.7. The minimum atomic E-state index is -1.98. The molecule has 0 amide bonds. The fraction of sp³-hybridized carbons (Fsp3) is 0.636. The molecule has 0 bridgehead atoms. The number of phenols is 2. The number of hydrogen-bond donors (Lipinski definition) is 12. The number of aliphatic carboxylic acids is 2. The summed E-state index contributed by atoms with van der Waals surface area (Å²) in [4.78, 5) is 47.2. The van der Waals surface area contributed by atoms with Gasteiger partial charge in [0.2, 0.25) is 0 Å². The molecule has 2 aliphatic heterocycles. The van der Waals surface area contributed by atoms with Crippen molar-refractivity contribution in [3.05, 3.63) is 47.5 Å². The zero-order valence-corrected chi connectivity index (χ0v) is 37.7. The van der Waals surface area contributed by atoms with E-state index in [0.717, 1.165) is 13.8 Å². The maximum absolute atomic E-state index is 12.5. The first-order valence-electron chi connectivity index (χ1n) is 21.4. The first kappa shape index (κ1) is 55.6. The van der Waals surface area contributed by atoms with Crippen LogP contribution in [0.3, 0.4) is 0 Å². The maximum Gasteiger partial charge on any atom is 0.308 e. The van der Waals surface area contributed by atoms with Gasteiger partial charge in [-0.15, -0.1) is 0 Å². The number of benzene rings is 2. The number of esters is 2. The Balaban J connectivity index is 1.62. The van der Waals surface area contributed by atoms with Crippen molar-refractivity contribution in [3.8, 4) is 23.0 Å². The molecular weight excluding hydrogens is 912 g/mol. The van der Waals surface area contributed by atoms with Crippen molar-refractivity contribution in [2.24, 2.45) is 11.8 Å². The van der Waals surface area contributed by atoms with Gasteiger partial charge in [0, 0.05) is 0 Å². The molecule has 0 saturated carbocycles. The quantitative estimate of drug-likeness (QED) is 0.0483. The minimum Gasteiger partial charge on any atom is -0.504 e. The predicted molar refractivity (Wildman–Crippen MR) is 226 cm³/mol. The summed E-state index contributed by atoms with van der Waals surface area (Å²) in [7, 11) is 2.67. The molecule has 2 fully saturated rings. The molecule has 2 heterocycles. The van der Waals surface area contributed by atoms with E-state index in [-0.39, 0.29) is 49.1 Å². The van der Waals surface area contributed by atoms with Crippen molar-refractivity contribution >= 4 is 23.9 Å². The summed E-state index contributed by atoms with van der Waals surface area (Å²) >= 11 is 0. The highest BCUT2D eigenvalue weighted by Crippen LogP contribution is 2.34. The lowest BCUT2D eigenvalue weighted by Crippen LogP contribution is -2.60. The molecule has 14 atom stereocenters. The smallest absolute Gasteiger partial charge is 0.308 e. The number of carbonyl (C=O) groups is 4. The number of carboxylic acids is 2. The lowest BCUT2D eigenvalue weighted by Gasteiger charge is -2.41. The van der Waals surface area contributed by atoms with Crippen LogP contribution < -0.4 is 9.47 Å². The van der Waals surface area contributed by atoms with Crippen LogP contribution in [0, 0.1) is 11.8 Å². The van der Waals surface area contributed by atoms with Gasteiger partial charge >= 0.3 is 23.9 Å². The molecule has 382 valence electrons. The van der Waals surface area contributed by atoms with Crippen LogP contribution in [-0.4, -0.2) is 198 Å². The summed E-state index contributed by atoms with van der Waals surface area (Å²) in [5.74, 6) is -6.56. The fourth-order valence-corrected chi connectivity index (χ4v) is 7.70. The molecule has 68 heavy (non-hydrogen) atoms. The Bertz CT molecular complexity index is 1850. The van der Waals surface area contributed by atoms with Gasteiger partial charge in [-0.1, -0.05) is 12.1 Å². The number of carboxylic acid groups (broad SMARTS) is 2. The van der Waals surface area contributed by atoms with E-state index < -0.39 is 147 Å². The second-order valence-electron chi connectivity index (χ2n) is 17.5. The summed E-state index contributed by atoms with van der Waals surface area (Å²) in [6.45, 7) is 0.0502. The molecule has 0 aliphatic carbocycles. The van der Waals surface area contributed by atoms with Crippen molar-refractivity contribution in [3.63, 3.8) is 0 Å². The number of rotatable bonds is 25. The Kier molecular flexibility index (Phi) is 20.1. The molecular formula is C44H62O24. The summed E-state index contributed by atoms with van der Waals surface area (Å²) in [5.41, 5.74) is -2.84. The average Bonchev–Trinajstić information content (AvgIpc) is 3.25. The van der Waals surface area contributed by atoms with Gasteiger partial charge in [-0.25, -0.2) is 0 Å². The second kappa shape index (κ2) is 24.5. The Morgan fingerprint density at radius 1 is 0.574 bits per heavy atom. The zero-order valence-electron chi connectivity index (χ0n) is 37.7. The normalized spacial score (nSPS) is 27.7. The molecule has 4 rings (SSSR count). The third-order valence-electron chi connectivity index (χ3n) is 11.4. The van der Waals surface area contributed by atoms with Crippen molar-refractivity contribution in [2.75, 3.05) is 40.6 Å². The van der Waals surface area contributed by atoms with E-state index in [4.69, 9.17) is 48.1 Å². The average molecular weight is 975 g/mol. The number of methoxy groups -OCH3 is 2. The monoisotopic (exact) mass is 974 g/mol. The summed E-state index contributed by atoms with van der Waals surface area (Å²) < 4.78 is 44.6. The molecule has 2 aromatic rings. The lowest BCUT2D eigenvalue weighted by atomic mass is 9.83. The highest BCUT2D eigenvalue weighted by Gasteiger charge is 2.47. The molecule has 12 N–H and O–H groups in total. The second-order valence-corrected chi connectivity index (χ2v) is 17.5. The van der Waals surface area contributed by atoms with Crippen LogP contribution in [0.2, 0.25) is 0 Å². The molecule has 0 spiro atoms. The summed E-state index contributed by atoms with van der Waals surface area (Å²) in [6, 6.07) is 8.98. The van der Waals surface area contributed by atoms with E-state index in [2.05, 4.69) is 0 Å². The molecule has 2 aliphatic rings. The Morgan fingerprint density at radius 2 is 0.926 bits per heavy atom. The topological polar surface area (TPSA) is 385 Å². The SMILES string of the molecule is COc1cc(CC(COC2OC(COC(=O)CC(C)(O)CC(=O)O)C(O)C(O)C2O)C(COC2OC(COC(=O)CC(C)(O)CC(=O)O)C(O)C(O)C2O)Cc2ccc(O)c(OC)c2)ccc1O. The molecule has 2 aromatic carbocycles. The van der Waals surface area contributed by atoms with Gasteiger partial charge in [-0.05, 0) is 73.9 Å². The van der Waals surface area contributed by atoms with E-state index in [1.807, 2.05) is 0 Å². The highest BCUT2D eigenvalue weighted by molar-refractivity contribution is 5.74. The van der Waals surface area contributed by atoms with Crippen LogP contribution in [0.25, 0.3) is 0 Å². The van der Waals surface area contributed by atoms with Crippen molar-refractivity contribution in [1.29, 1.82) is 0 Å². The zero-order chi connectivity index (χ0) is 50.7. The number of hydrogen-bond acceptors (Lipinski definition) is 22. The van der Waals surface area contributed by atoms with Crippen molar-refractivity contribution in [1.82, 2.24) is 0 Å². The van der Waals surface area contributed by atoms with Gasteiger partial charge in [-0.2, -0.15) is 0 Å². The number of aliphatic hydroxyl groups excluding tert-OH is 6. The molecule has 2 saturated heterocycles. The standard InChI is InChI=1S/C44H62O24/c1-43(59,13-31(47)48)15-33(51)63-19-29-35(53)37(55)39(57)41(67-29)65-17-23(9-21-5-7-25(45)27(11-21)61-3)24(10-22-6-8-26(46)28(12-22)62-4)18-66-42-40(58)38(56)36(54)30(68-42)20-64-34(52)16-44(2,60)14-32(49)50/h5-8,11-12,23-24,29-30,35-42,45-46,53-60H,9-10,13-20H2,1-4H3,(H,47,48)(H,49,50). The Morgan fingerprint density at radius 3 is 1.25 bits per heavy atom. The predicted octanol–water partition coefficient (Wildman–Crippen LogP) is -1.90. The van der Waals surface area contributed by atoms with Crippen LogP contribution in [-0.2, 0) is 60.4 Å². The van der Waals surface area contributed by atoms with E-state index in [1.54, 1.807) is 12.1 Å². The van der Waals surface area contributed by atoms with Crippen molar-refractivity contribution < 1.29 is 118 Å². The summed E-state index contributed by atoms with van der Waals surface area (Å²) in [6.07, 6.45) is -20.5. The van der Waals surface area contributed by atoms with E-state index >= 15 is 0 Å². The van der Waals surface area contributed by atoms with Crippen LogP contribution in [0.4, 0.5) is 0 Å². The largest absolute Gasteiger partial charge is 0.504 e.